The van der Waals surface area contributed by atoms with Gasteiger partial charge in [0.25, 0.3) is 0 Å². The zero-order valence-electron chi connectivity index (χ0n) is 19.6. The van der Waals surface area contributed by atoms with Gasteiger partial charge >= 0.3 is 5.97 Å². The maximum Gasteiger partial charge on any atom is 0.335 e. The molecule has 2 aliphatic heterocycles. The highest BCUT2D eigenvalue weighted by Crippen LogP contribution is 2.50. The van der Waals surface area contributed by atoms with Gasteiger partial charge in [0.15, 0.2) is 23.0 Å². The van der Waals surface area contributed by atoms with Crippen LogP contribution < -0.4 is 29.4 Å². The Morgan fingerprint density at radius 3 is 2.46 bits per heavy atom. The van der Waals surface area contributed by atoms with Crippen molar-refractivity contribution >= 4 is 21.9 Å². The van der Waals surface area contributed by atoms with E-state index < -0.39 is 11.9 Å². The highest BCUT2D eigenvalue weighted by molar-refractivity contribution is 9.10. The molecular weight excluding hydrogens is 544 g/mol. The van der Waals surface area contributed by atoms with E-state index in [0.29, 0.717) is 45.4 Å². The summed E-state index contributed by atoms with van der Waals surface area (Å²) in [6, 6.07) is 15.7. The van der Waals surface area contributed by atoms with Crippen LogP contribution >= 0.6 is 15.9 Å². The lowest BCUT2D eigenvalue weighted by Crippen LogP contribution is -2.21. The second-order valence-electron chi connectivity index (χ2n) is 8.21. The number of halogens is 1. The second-order valence-corrected chi connectivity index (χ2v) is 9.07. The average Bonchev–Trinajstić information content (AvgIpc) is 3.34. The monoisotopic (exact) mass is 564 g/mol. The predicted octanol–water partition coefficient (Wildman–Crippen LogP) is 5.07. The molecule has 0 aromatic heterocycles. The minimum absolute atomic E-state index is 0.00820. The first-order valence-electron chi connectivity index (χ1n) is 11.3. The van der Waals surface area contributed by atoms with Crippen molar-refractivity contribution in [2.75, 3.05) is 13.4 Å². The van der Waals surface area contributed by atoms with Crippen LogP contribution in [-0.4, -0.2) is 24.5 Å². The average molecular weight is 565 g/mol. The van der Waals surface area contributed by atoms with Gasteiger partial charge in [-0.25, -0.2) is 4.79 Å². The Bertz CT molecular complexity index is 1460. The van der Waals surface area contributed by atoms with Gasteiger partial charge in [0.05, 0.1) is 18.1 Å². The maximum absolute atomic E-state index is 11.1. The number of ether oxygens (including phenoxy) is 5. The first kappa shape index (κ1) is 24.3. The molecule has 3 aromatic carbocycles. The molecule has 2 heterocycles. The van der Waals surface area contributed by atoms with Crippen LogP contribution in [0.4, 0.5) is 0 Å². The molecule has 0 bridgehead atoms. The van der Waals surface area contributed by atoms with Crippen molar-refractivity contribution in [3.8, 4) is 34.8 Å². The molecule has 9 nitrogen and oxygen atoms in total. The molecule has 0 amide bonds. The molecule has 0 spiro atoms. The SMILES string of the molecule is CCOc1cc([C@@H]2C(C#N)=C(N)Oc3cc4c(cc32)OCO4)c(Br)cc1OCc1ccc(C(=O)O)cc1. The summed E-state index contributed by atoms with van der Waals surface area (Å²) >= 11 is 3.64. The third-order valence-electron chi connectivity index (χ3n) is 5.98. The summed E-state index contributed by atoms with van der Waals surface area (Å²) in [4.78, 5) is 11.1. The molecule has 188 valence electrons. The Labute approximate surface area is 220 Å². The van der Waals surface area contributed by atoms with Gasteiger partial charge in [-0.2, -0.15) is 5.26 Å². The summed E-state index contributed by atoms with van der Waals surface area (Å²) in [6.45, 7) is 2.54. The van der Waals surface area contributed by atoms with Gasteiger partial charge in [-0.3, -0.25) is 0 Å². The molecule has 3 N–H and O–H groups in total. The number of nitrogens with two attached hydrogens (primary N) is 1. The van der Waals surface area contributed by atoms with E-state index in [4.69, 9.17) is 34.5 Å². The van der Waals surface area contributed by atoms with E-state index in [9.17, 15) is 10.1 Å². The molecule has 1 atom stereocenters. The summed E-state index contributed by atoms with van der Waals surface area (Å²) in [5, 5.41) is 19.1. The third kappa shape index (κ3) is 4.61. The van der Waals surface area contributed by atoms with Crippen molar-refractivity contribution < 1.29 is 33.6 Å². The minimum atomic E-state index is -0.990. The lowest BCUT2D eigenvalue weighted by atomic mass is 9.83. The topological polar surface area (TPSA) is 133 Å². The van der Waals surface area contributed by atoms with E-state index in [-0.39, 0.29) is 30.4 Å². The van der Waals surface area contributed by atoms with Crippen LogP contribution in [0.15, 0.2) is 64.5 Å². The highest BCUT2D eigenvalue weighted by atomic mass is 79.9. The molecule has 5 rings (SSSR count). The third-order valence-corrected chi connectivity index (χ3v) is 6.67. The van der Waals surface area contributed by atoms with Crippen LogP contribution in [0, 0.1) is 11.3 Å². The first-order chi connectivity index (χ1) is 17.9. The predicted molar refractivity (Wildman–Crippen MR) is 135 cm³/mol. The molecule has 0 saturated heterocycles. The van der Waals surface area contributed by atoms with E-state index in [1.54, 1.807) is 30.3 Å². The Balaban J connectivity index is 1.52. The summed E-state index contributed by atoms with van der Waals surface area (Å²) in [7, 11) is 0. The molecule has 0 radical (unpaired) electrons. The van der Waals surface area contributed by atoms with Gasteiger partial charge < -0.3 is 34.5 Å². The molecule has 0 saturated carbocycles. The fraction of sp³-hybridized carbons (Fsp3) is 0.185. The van der Waals surface area contributed by atoms with Crippen LogP contribution in [0.25, 0.3) is 0 Å². The number of nitrogens with zero attached hydrogens (tertiary/aromatic N) is 1. The van der Waals surface area contributed by atoms with Gasteiger partial charge in [0.2, 0.25) is 12.7 Å². The number of carboxylic acids is 1. The zero-order valence-corrected chi connectivity index (χ0v) is 21.2. The molecule has 0 fully saturated rings. The number of aromatic carboxylic acids is 1. The minimum Gasteiger partial charge on any atom is -0.490 e. The van der Waals surface area contributed by atoms with E-state index in [2.05, 4.69) is 22.0 Å². The van der Waals surface area contributed by atoms with Crippen LogP contribution in [0.1, 0.15) is 39.9 Å². The highest BCUT2D eigenvalue weighted by Gasteiger charge is 2.35. The molecule has 3 aromatic rings. The van der Waals surface area contributed by atoms with E-state index >= 15 is 0 Å². The Morgan fingerprint density at radius 1 is 1.08 bits per heavy atom. The van der Waals surface area contributed by atoms with Crippen LogP contribution in [0.3, 0.4) is 0 Å². The van der Waals surface area contributed by atoms with Gasteiger partial charge in [-0.1, -0.05) is 28.1 Å². The second kappa shape index (κ2) is 9.95. The maximum atomic E-state index is 11.1. The molecule has 2 aliphatic rings. The number of carboxylic acid groups (broad SMARTS) is 1. The Morgan fingerprint density at radius 2 is 1.78 bits per heavy atom. The van der Waals surface area contributed by atoms with Gasteiger partial charge in [0.1, 0.15) is 24.0 Å². The number of nitriles is 1. The number of fused-ring (bicyclic) bond motifs is 2. The normalized spacial score (nSPS) is 15.4. The zero-order chi connectivity index (χ0) is 26.1. The fourth-order valence-electron chi connectivity index (χ4n) is 4.22. The van der Waals surface area contributed by atoms with E-state index in [0.717, 1.165) is 11.1 Å². The van der Waals surface area contributed by atoms with E-state index in [1.807, 2.05) is 13.0 Å². The lowest BCUT2D eigenvalue weighted by Gasteiger charge is -2.28. The van der Waals surface area contributed by atoms with Crippen molar-refractivity contribution in [1.29, 1.82) is 5.26 Å². The largest absolute Gasteiger partial charge is 0.490 e. The Hall–Kier alpha value is -4.36. The molecule has 0 aliphatic carbocycles. The van der Waals surface area contributed by atoms with Crippen LogP contribution in [0.5, 0.6) is 28.7 Å². The summed E-state index contributed by atoms with van der Waals surface area (Å²) in [5.41, 5.74) is 8.82. The fourth-order valence-corrected chi connectivity index (χ4v) is 4.78. The summed E-state index contributed by atoms with van der Waals surface area (Å²) in [5.74, 6) is 0.987. The lowest BCUT2D eigenvalue weighted by molar-refractivity contribution is 0.0696. The molecular formula is C27H21BrN2O7. The van der Waals surface area contributed by atoms with E-state index in [1.165, 1.54) is 12.1 Å². The number of rotatable bonds is 7. The Kier molecular flexibility index (Phi) is 6.54. The number of carbonyl (C=O) groups is 1. The molecule has 0 unspecified atom stereocenters. The van der Waals surface area contributed by atoms with Crippen molar-refractivity contribution in [1.82, 2.24) is 0 Å². The van der Waals surface area contributed by atoms with Crippen molar-refractivity contribution in [3.63, 3.8) is 0 Å². The first-order valence-corrected chi connectivity index (χ1v) is 12.1. The number of hydrogen-bond acceptors (Lipinski definition) is 8. The molecule has 10 heteroatoms. The number of allylic oxidation sites excluding steroid dienone is 1. The van der Waals surface area contributed by atoms with Gasteiger partial charge in [-0.05, 0) is 48.4 Å². The van der Waals surface area contributed by atoms with Gasteiger partial charge in [-0.15, -0.1) is 0 Å². The quantitative estimate of drug-likeness (QED) is 0.403. The van der Waals surface area contributed by atoms with Gasteiger partial charge in [0, 0.05) is 16.1 Å². The number of benzene rings is 3. The van der Waals surface area contributed by atoms with Crippen molar-refractivity contribution in [3.05, 3.63) is 86.7 Å². The van der Waals surface area contributed by atoms with Crippen LogP contribution in [-0.2, 0) is 6.61 Å². The summed E-state index contributed by atoms with van der Waals surface area (Å²) < 4.78 is 29.4. The standard InChI is InChI=1S/C27H21BrN2O7/c1-2-33-21-7-16(19(28)9-23(21)34-12-14-3-5-15(6-4-14)27(31)32)25-17-8-22-24(36-13-35-22)10-20(17)37-26(30)18(25)11-29/h3-10,25H,2,12-13,30H2,1H3,(H,31,32)/t25-/m0/s1. The van der Waals surface area contributed by atoms with Crippen molar-refractivity contribution in [2.45, 2.75) is 19.4 Å². The van der Waals surface area contributed by atoms with Crippen molar-refractivity contribution in [2.24, 2.45) is 5.73 Å². The smallest absolute Gasteiger partial charge is 0.335 e. The molecule has 37 heavy (non-hydrogen) atoms. The van der Waals surface area contributed by atoms with Crippen LogP contribution in [0.2, 0.25) is 0 Å². The summed E-state index contributed by atoms with van der Waals surface area (Å²) in [6.07, 6.45) is 0. The number of hydrogen-bond donors (Lipinski definition) is 2.